The average Bonchev–Trinajstić information content (AvgIpc) is 2.78. The molecule has 168 valence electrons. The number of anilines is 1. The van der Waals surface area contributed by atoms with E-state index < -0.39 is 16.1 Å². The van der Waals surface area contributed by atoms with Crippen LogP contribution < -0.4 is 19.1 Å². The Labute approximate surface area is 183 Å². The molecule has 2 aromatic rings. The number of rotatable bonds is 8. The molecule has 0 spiro atoms. The quantitative estimate of drug-likeness (QED) is 0.666. The number of para-hydroxylation sites is 2. The number of amides is 1. The summed E-state index contributed by atoms with van der Waals surface area (Å²) in [6.07, 6.45) is 1.15. The molecule has 3 rings (SSSR count). The number of hydrogen-bond donors (Lipinski definition) is 1. The predicted octanol–water partition coefficient (Wildman–Crippen LogP) is 2.03. The third kappa shape index (κ3) is 6.11. The summed E-state index contributed by atoms with van der Waals surface area (Å²) >= 11 is 0. The van der Waals surface area contributed by atoms with E-state index in [1.165, 1.54) is 0 Å². The first-order valence-electron chi connectivity index (χ1n) is 10.1. The normalized spacial score (nSPS) is 15.5. The number of benzene rings is 2. The van der Waals surface area contributed by atoms with Crippen LogP contribution in [0.3, 0.4) is 0 Å². The lowest BCUT2D eigenvalue weighted by Gasteiger charge is -2.37. The fourth-order valence-electron chi connectivity index (χ4n) is 3.71. The summed E-state index contributed by atoms with van der Waals surface area (Å²) < 4.78 is 36.9. The van der Waals surface area contributed by atoms with Crippen LogP contribution in [0.5, 0.6) is 11.5 Å². The van der Waals surface area contributed by atoms with Crippen LogP contribution in [0.1, 0.15) is 18.0 Å². The maximum absolute atomic E-state index is 13.0. The van der Waals surface area contributed by atoms with Crippen molar-refractivity contribution >= 4 is 21.6 Å². The Kier molecular flexibility index (Phi) is 7.40. The van der Waals surface area contributed by atoms with Gasteiger partial charge in [0, 0.05) is 32.6 Å². The topological polar surface area (TPSA) is 88.2 Å². The minimum atomic E-state index is -3.49. The van der Waals surface area contributed by atoms with E-state index in [0.29, 0.717) is 37.5 Å². The summed E-state index contributed by atoms with van der Waals surface area (Å²) in [7, 11) is -0.280. The van der Waals surface area contributed by atoms with E-state index in [9.17, 15) is 13.2 Å². The highest BCUT2D eigenvalue weighted by Crippen LogP contribution is 2.29. The molecule has 31 heavy (non-hydrogen) atoms. The van der Waals surface area contributed by atoms with Gasteiger partial charge in [-0.3, -0.25) is 4.79 Å². The second-order valence-corrected chi connectivity index (χ2v) is 9.24. The molecule has 1 fully saturated rings. The number of nitrogens with one attached hydrogen (secondary N) is 1. The molecule has 9 heteroatoms. The van der Waals surface area contributed by atoms with Gasteiger partial charge in [0.25, 0.3) is 0 Å². The van der Waals surface area contributed by atoms with Crippen molar-refractivity contribution in [3.8, 4) is 11.5 Å². The number of piperazine rings is 1. The van der Waals surface area contributed by atoms with E-state index in [2.05, 4.69) is 9.62 Å². The summed E-state index contributed by atoms with van der Waals surface area (Å²) in [6.45, 7) is 2.48. The Morgan fingerprint density at radius 1 is 1.00 bits per heavy atom. The smallest absolute Gasteiger partial charge is 0.224 e. The van der Waals surface area contributed by atoms with Crippen molar-refractivity contribution in [1.29, 1.82) is 0 Å². The minimum Gasteiger partial charge on any atom is -0.497 e. The molecule has 1 heterocycles. The molecule has 1 atom stereocenters. The standard InChI is InChI=1S/C22H29N3O5S/c1-29-18-10-8-17(9-11-18)19(23-31(3,27)28)16-22(26)25-14-12-24(13-15-25)20-6-4-5-7-21(20)30-2/h4-11,19,23H,12-16H2,1-3H3/t19-/m0/s1. The van der Waals surface area contributed by atoms with Crippen LogP contribution in [0.15, 0.2) is 48.5 Å². The number of carbonyl (C=O) groups is 1. The lowest BCUT2D eigenvalue weighted by Crippen LogP contribution is -2.49. The van der Waals surface area contributed by atoms with Crippen molar-refractivity contribution in [2.45, 2.75) is 12.5 Å². The van der Waals surface area contributed by atoms with E-state index >= 15 is 0 Å². The van der Waals surface area contributed by atoms with Gasteiger partial charge < -0.3 is 19.3 Å². The van der Waals surface area contributed by atoms with Gasteiger partial charge in [-0.05, 0) is 29.8 Å². The molecule has 0 bridgehead atoms. The molecule has 0 radical (unpaired) electrons. The minimum absolute atomic E-state index is 0.0497. The molecular weight excluding hydrogens is 418 g/mol. The molecule has 8 nitrogen and oxygen atoms in total. The van der Waals surface area contributed by atoms with Gasteiger partial charge >= 0.3 is 0 Å². The molecule has 0 aromatic heterocycles. The summed E-state index contributed by atoms with van der Waals surface area (Å²) in [5.74, 6) is 1.39. The maximum Gasteiger partial charge on any atom is 0.224 e. The van der Waals surface area contributed by atoms with E-state index in [4.69, 9.17) is 9.47 Å². The highest BCUT2D eigenvalue weighted by atomic mass is 32.2. The van der Waals surface area contributed by atoms with E-state index in [-0.39, 0.29) is 12.3 Å². The van der Waals surface area contributed by atoms with E-state index in [0.717, 1.165) is 17.7 Å². The molecule has 1 saturated heterocycles. The number of nitrogens with zero attached hydrogens (tertiary/aromatic N) is 2. The Hall–Kier alpha value is -2.78. The molecule has 1 aliphatic rings. The molecule has 0 saturated carbocycles. The third-order valence-corrected chi connectivity index (χ3v) is 6.02. The van der Waals surface area contributed by atoms with Gasteiger partial charge in [0.05, 0.1) is 32.2 Å². The molecule has 1 N–H and O–H groups in total. The monoisotopic (exact) mass is 447 g/mol. The van der Waals surface area contributed by atoms with Gasteiger partial charge in [-0.25, -0.2) is 13.1 Å². The number of methoxy groups -OCH3 is 2. The summed E-state index contributed by atoms with van der Waals surface area (Å²) in [4.78, 5) is 17.0. The number of hydrogen-bond acceptors (Lipinski definition) is 6. The first-order chi connectivity index (χ1) is 14.8. The Balaban J connectivity index is 1.66. The SMILES string of the molecule is COc1ccc([C@H](CC(=O)N2CCN(c3ccccc3OC)CC2)NS(C)(=O)=O)cc1. The van der Waals surface area contributed by atoms with Gasteiger partial charge in [0.2, 0.25) is 15.9 Å². The molecular formula is C22H29N3O5S. The van der Waals surface area contributed by atoms with Crippen molar-refractivity contribution in [3.05, 3.63) is 54.1 Å². The van der Waals surface area contributed by atoms with Crippen LogP contribution in [0.25, 0.3) is 0 Å². The highest BCUT2D eigenvalue weighted by molar-refractivity contribution is 7.88. The Morgan fingerprint density at radius 3 is 2.23 bits per heavy atom. The van der Waals surface area contributed by atoms with E-state index in [1.54, 1.807) is 43.4 Å². The largest absolute Gasteiger partial charge is 0.497 e. The maximum atomic E-state index is 13.0. The molecule has 0 unspecified atom stereocenters. The second kappa shape index (κ2) is 10.0. The van der Waals surface area contributed by atoms with Crippen molar-refractivity contribution < 1.29 is 22.7 Å². The van der Waals surface area contributed by atoms with E-state index in [1.807, 2.05) is 24.3 Å². The fraction of sp³-hybridized carbons (Fsp3) is 0.409. The Bertz CT molecular complexity index is 986. The zero-order chi connectivity index (χ0) is 22.4. The zero-order valence-corrected chi connectivity index (χ0v) is 18.9. The van der Waals surface area contributed by atoms with Gasteiger partial charge in [-0.2, -0.15) is 0 Å². The predicted molar refractivity (Wildman–Crippen MR) is 120 cm³/mol. The van der Waals surface area contributed by atoms with Crippen LogP contribution in [0.2, 0.25) is 0 Å². The van der Waals surface area contributed by atoms with Crippen molar-refractivity contribution in [1.82, 2.24) is 9.62 Å². The zero-order valence-electron chi connectivity index (χ0n) is 18.1. The van der Waals surface area contributed by atoms with Gasteiger partial charge in [-0.1, -0.05) is 24.3 Å². The Morgan fingerprint density at radius 2 is 1.65 bits per heavy atom. The van der Waals surface area contributed by atoms with Crippen LogP contribution in [-0.2, 0) is 14.8 Å². The first-order valence-corrected chi connectivity index (χ1v) is 12.0. The van der Waals surface area contributed by atoms with Gasteiger partial charge in [0.1, 0.15) is 11.5 Å². The van der Waals surface area contributed by atoms with Crippen molar-refractivity contribution in [3.63, 3.8) is 0 Å². The number of ether oxygens (including phenoxy) is 2. The average molecular weight is 448 g/mol. The summed E-state index contributed by atoms with van der Waals surface area (Å²) in [5, 5.41) is 0. The van der Waals surface area contributed by atoms with Crippen LogP contribution in [-0.4, -0.2) is 65.9 Å². The van der Waals surface area contributed by atoms with Crippen molar-refractivity contribution in [2.24, 2.45) is 0 Å². The molecule has 1 aliphatic heterocycles. The number of carbonyl (C=O) groups excluding carboxylic acids is 1. The van der Waals surface area contributed by atoms with Crippen LogP contribution in [0, 0.1) is 0 Å². The summed E-state index contributed by atoms with van der Waals surface area (Å²) in [5.41, 5.74) is 1.72. The second-order valence-electron chi connectivity index (χ2n) is 7.46. The molecule has 0 aliphatic carbocycles. The van der Waals surface area contributed by atoms with Crippen molar-refractivity contribution in [2.75, 3.05) is 51.6 Å². The van der Waals surface area contributed by atoms with Gasteiger partial charge in [-0.15, -0.1) is 0 Å². The lowest BCUT2D eigenvalue weighted by molar-refractivity contribution is -0.132. The molecule has 2 aromatic carbocycles. The lowest BCUT2D eigenvalue weighted by atomic mass is 10.0. The summed E-state index contributed by atoms with van der Waals surface area (Å²) in [6, 6.07) is 14.2. The first kappa shape index (κ1) is 22.9. The number of sulfonamides is 1. The van der Waals surface area contributed by atoms with Gasteiger partial charge in [0.15, 0.2) is 0 Å². The third-order valence-electron chi connectivity index (χ3n) is 5.31. The highest BCUT2D eigenvalue weighted by Gasteiger charge is 2.26. The van der Waals surface area contributed by atoms with Crippen LogP contribution >= 0.6 is 0 Å². The molecule has 1 amide bonds. The fourth-order valence-corrected chi connectivity index (χ4v) is 4.45. The van der Waals surface area contributed by atoms with Crippen LogP contribution in [0.4, 0.5) is 5.69 Å².